The number of hydrogen-bond acceptors (Lipinski definition) is 3. The first kappa shape index (κ1) is 15.3. The average Bonchev–Trinajstić information content (AvgIpc) is 2.56. The van der Waals surface area contributed by atoms with Gasteiger partial charge in [0, 0.05) is 12.6 Å². The van der Waals surface area contributed by atoms with Gasteiger partial charge in [-0.25, -0.2) is 0 Å². The summed E-state index contributed by atoms with van der Waals surface area (Å²) in [5, 5.41) is 2.47. The summed E-state index contributed by atoms with van der Waals surface area (Å²) in [4.78, 5) is 2.55. The minimum atomic E-state index is 0.332. The fraction of sp³-hybridized carbons (Fsp3) is 0.474. The summed E-state index contributed by atoms with van der Waals surface area (Å²) in [7, 11) is 1.71. The third-order valence-corrected chi connectivity index (χ3v) is 4.94. The Bertz CT molecular complexity index is 632. The summed E-state index contributed by atoms with van der Waals surface area (Å²) < 4.78 is 5.30. The van der Waals surface area contributed by atoms with E-state index in [0.29, 0.717) is 12.6 Å². The van der Waals surface area contributed by atoms with Gasteiger partial charge in [-0.15, -0.1) is 0 Å². The van der Waals surface area contributed by atoms with Crippen molar-refractivity contribution in [2.24, 2.45) is 11.7 Å². The molecule has 1 aliphatic rings. The predicted octanol–water partition coefficient (Wildman–Crippen LogP) is 3.58. The molecule has 1 atom stereocenters. The van der Waals surface area contributed by atoms with Gasteiger partial charge in [-0.05, 0) is 66.4 Å². The number of ether oxygens (including phenoxy) is 1. The maximum Gasteiger partial charge on any atom is 0.119 e. The second-order valence-corrected chi connectivity index (χ2v) is 6.44. The van der Waals surface area contributed by atoms with Crippen molar-refractivity contribution >= 4 is 10.8 Å². The molecule has 0 aromatic heterocycles. The highest BCUT2D eigenvalue weighted by molar-refractivity contribution is 5.84. The Balaban J connectivity index is 1.87. The van der Waals surface area contributed by atoms with E-state index < -0.39 is 0 Å². The van der Waals surface area contributed by atoms with E-state index in [4.69, 9.17) is 10.5 Å². The molecule has 3 nitrogen and oxygen atoms in total. The number of rotatable bonds is 4. The van der Waals surface area contributed by atoms with Crippen LogP contribution in [0.2, 0.25) is 0 Å². The molecular formula is C19H26N2O. The van der Waals surface area contributed by atoms with E-state index in [-0.39, 0.29) is 0 Å². The number of likely N-dealkylation sites (tertiary alicyclic amines) is 1. The monoisotopic (exact) mass is 298 g/mol. The van der Waals surface area contributed by atoms with Crippen molar-refractivity contribution in [2.45, 2.75) is 25.8 Å². The molecule has 1 unspecified atom stereocenters. The molecule has 1 aliphatic heterocycles. The number of benzene rings is 2. The minimum absolute atomic E-state index is 0.332. The highest BCUT2D eigenvalue weighted by Gasteiger charge is 2.23. The van der Waals surface area contributed by atoms with Crippen LogP contribution in [0.4, 0.5) is 0 Å². The molecule has 3 rings (SSSR count). The fourth-order valence-corrected chi connectivity index (χ4v) is 3.41. The first-order valence-electron chi connectivity index (χ1n) is 8.23. The van der Waals surface area contributed by atoms with Gasteiger partial charge < -0.3 is 10.5 Å². The molecule has 2 aromatic rings. The van der Waals surface area contributed by atoms with E-state index in [9.17, 15) is 0 Å². The van der Waals surface area contributed by atoms with Gasteiger partial charge in [0.15, 0.2) is 0 Å². The van der Waals surface area contributed by atoms with Gasteiger partial charge in [0.1, 0.15) is 5.75 Å². The Morgan fingerprint density at radius 1 is 1.14 bits per heavy atom. The van der Waals surface area contributed by atoms with Gasteiger partial charge >= 0.3 is 0 Å². The fourth-order valence-electron chi connectivity index (χ4n) is 3.41. The lowest BCUT2D eigenvalue weighted by Crippen LogP contribution is -2.39. The Kier molecular flexibility index (Phi) is 4.65. The molecule has 3 heteroatoms. The topological polar surface area (TPSA) is 38.5 Å². The van der Waals surface area contributed by atoms with Crippen LogP contribution in [0, 0.1) is 5.92 Å². The Hall–Kier alpha value is -1.58. The smallest absolute Gasteiger partial charge is 0.119 e. The molecule has 0 saturated carbocycles. The second kappa shape index (κ2) is 6.67. The third kappa shape index (κ3) is 3.11. The lowest BCUT2D eigenvalue weighted by atomic mass is 9.95. The summed E-state index contributed by atoms with van der Waals surface area (Å²) in [6.07, 6.45) is 2.56. The van der Waals surface area contributed by atoms with Crippen LogP contribution in [0.1, 0.15) is 31.4 Å². The molecule has 1 saturated heterocycles. The van der Waals surface area contributed by atoms with Crippen LogP contribution in [-0.2, 0) is 0 Å². The Morgan fingerprint density at radius 3 is 2.50 bits per heavy atom. The van der Waals surface area contributed by atoms with Crippen molar-refractivity contribution in [1.29, 1.82) is 0 Å². The SMILES string of the molecule is COc1ccc2cc(C(CN)N3CCC(C)CC3)ccc2c1. The second-order valence-electron chi connectivity index (χ2n) is 6.44. The Labute approximate surface area is 133 Å². The zero-order valence-corrected chi connectivity index (χ0v) is 13.6. The average molecular weight is 298 g/mol. The van der Waals surface area contributed by atoms with E-state index in [1.165, 1.54) is 29.2 Å². The van der Waals surface area contributed by atoms with E-state index in [1.807, 2.05) is 6.07 Å². The molecule has 0 bridgehead atoms. The van der Waals surface area contributed by atoms with Gasteiger partial charge in [0.25, 0.3) is 0 Å². The number of hydrogen-bond donors (Lipinski definition) is 1. The van der Waals surface area contributed by atoms with Crippen LogP contribution in [-0.4, -0.2) is 31.6 Å². The maximum atomic E-state index is 6.10. The molecule has 0 spiro atoms. The maximum absolute atomic E-state index is 6.10. The largest absolute Gasteiger partial charge is 0.497 e. The molecule has 0 aliphatic carbocycles. The molecule has 0 amide bonds. The van der Waals surface area contributed by atoms with Gasteiger partial charge in [-0.2, -0.15) is 0 Å². The summed E-state index contributed by atoms with van der Waals surface area (Å²) in [5.41, 5.74) is 7.43. The standard InChI is InChI=1S/C19H26N2O/c1-14-7-9-21(10-8-14)19(13-20)17-4-3-16-12-18(22-2)6-5-15(16)11-17/h3-6,11-12,14,19H,7-10,13,20H2,1-2H3. The summed E-state index contributed by atoms with van der Waals surface area (Å²) in [5.74, 6) is 1.75. The quantitative estimate of drug-likeness (QED) is 0.937. The number of nitrogens with zero attached hydrogens (tertiary/aromatic N) is 1. The van der Waals surface area contributed by atoms with Gasteiger partial charge in [0.05, 0.1) is 7.11 Å². The predicted molar refractivity (Wildman–Crippen MR) is 92.3 cm³/mol. The molecule has 2 aromatic carbocycles. The van der Waals surface area contributed by atoms with Crippen LogP contribution in [0.5, 0.6) is 5.75 Å². The van der Waals surface area contributed by atoms with Crippen LogP contribution >= 0.6 is 0 Å². The highest BCUT2D eigenvalue weighted by atomic mass is 16.5. The lowest BCUT2D eigenvalue weighted by Gasteiger charge is -2.36. The number of piperidine rings is 1. The first-order chi connectivity index (χ1) is 10.7. The van der Waals surface area contributed by atoms with Gasteiger partial charge in [0.2, 0.25) is 0 Å². The normalized spacial score (nSPS) is 18.5. The van der Waals surface area contributed by atoms with Crippen LogP contribution in [0.15, 0.2) is 36.4 Å². The lowest BCUT2D eigenvalue weighted by molar-refractivity contribution is 0.141. The number of methoxy groups -OCH3 is 1. The van der Waals surface area contributed by atoms with Crippen LogP contribution in [0.25, 0.3) is 10.8 Å². The number of fused-ring (bicyclic) bond motifs is 1. The van der Waals surface area contributed by atoms with Crippen LogP contribution < -0.4 is 10.5 Å². The molecule has 22 heavy (non-hydrogen) atoms. The van der Waals surface area contributed by atoms with Crippen molar-refractivity contribution < 1.29 is 4.74 Å². The Morgan fingerprint density at radius 2 is 1.82 bits per heavy atom. The summed E-state index contributed by atoms with van der Waals surface area (Å²) in [6, 6.07) is 13.2. The van der Waals surface area contributed by atoms with Crippen LogP contribution in [0.3, 0.4) is 0 Å². The zero-order valence-electron chi connectivity index (χ0n) is 13.6. The minimum Gasteiger partial charge on any atom is -0.497 e. The summed E-state index contributed by atoms with van der Waals surface area (Å²) >= 11 is 0. The van der Waals surface area contributed by atoms with Crippen molar-refractivity contribution in [3.8, 4) is 5.75 Å². The van der Waals surface area contributed by atoms with Gasteiger partial charge in [-0.1, -0.05) is 25.1 Å². The molecular weight excluding hydrogens is 272 g/mol. The first-order valence-corrected chi connectivity index (χ1v) is 8.23. The zero-order chi connectivity index (χ0) is 15.5. The van der Waals surface area contributed by atoms with Crippen molar-refractivity contribution in [3.05, 3.63) is 42.0 Å². The van der Waals surface area contributed by atoms with E-state index >= 15 is 0 Å². The van der Waals surface area contributed by atoms with Crippen molar-refractivity contribution in [1.82, 2.24) is 4.90 Å². The summed E-state index contributed by atoms with van der Waals surface area (Å²) in [6.45, 7) is 5.33. The van der Waals surface area contributed by atoms with Crippen molar-refractivity contribution in [3.63, 3.8) is 0 Å². The number of nitrogens with two attached hydrogens (primary N) is 1. The molecule has 1 heterocycles. The highest BCUT2D eigenvalue weighted by Crippen LogP contribution is 2.29. The van der Waals surface area contributed by atoms with E-state index in [0.717, 1.165) is 24.8 Å². The van der Waals surface area contributed by atoms with E-state index in [2.05, 4.69) is 42.2 Å². The molecule has 118 valence electrons. The third-order valence-electron chi connectivity index (χ3n) is 4.94. The van der Waals surface area contributed by atoms with Gasteiger partial charge in [-0.3, -0.25) is 4.90 Å². The molecule has 1 fully saturated rings. The molecule has 2 N–H and O–H groups in total. The van der Waals surface area contributed by atoms with Crippen molar-refractivity contribution in [2.75, 3.05) is 26.7 Å². The molecule has 0 radical (unpaired) electrons. The van der Waals surface area contributed by atoms with E-state index in [1.54, 1.807) is 7.11 Å².